The standard InChI is InChI=1S/C26H30N2O5/c1-17-22-8-7-21(32-16-20(29)15-28-11-9-19(10-12-28)25(27)30)14-24(22)33-26(31)23(17)13-18-5-3-2-4-6-18/h2-8,14,19-20,29H,9-13,15-16H2,1H3,(H2,27,30)/t20-/m1/s1. The summed E-state index contributed by atoms with van der Waals surface area (Å²) in [5, 5.41) is 11.3. The lowest BCUT2D eigenvalue weighted by Gasteiger charge is -2.31. The molecule has 4 rings (SSSR count). The lowest BCUT2D eigenvalue weighted by atomic mass is 9.96. The molecule has 0 saturated carbocycles. The first-order chi connectivity index (χ1) is 15.9. The first kappa shape index (κ1) is 23.0. The molecule has 3 N–H and O–H groups in total. The predicted molar refractivity (Wildman–Crippen MR) is 126 cm³/mol. The van der Waals surface area contributed by atoms with E-state index in [4.69, 9.17) is 14.9 Å². The summed E-state index contributed by atoms with van der Waals surface area (Å²) in [6, 6.07) is 15.2. The van der Waals surface area contributed by atoms with Crippen LogP contribution in [0.1, 0.15) is 29.5 Å². The third-order valence-electron chi connectivity index (χ3n) is 6.38. The van der Waals surface area contributed by atoms with Crippen LogP contribution in [0, 0.1) is 12.8 Å². The molecule has 3 aromatic rings. The number of benzene rings is 2. The molecule has 2 heterocycles. The lowest BCUT2D eigenvalue weighted by molar-refractivity contribution is -0.123. The van der Waals surface area contributed by atoms with Gasteiger partial charge in [-0.2, -0.15) is 0 Å². The number of β-amino-alcohol motifs (C(OH)–C–C–N with tert-alkyl or cyclic N) is 1. The fourth-order valence-electron chi connectivity index (χ4n) is 4.41. The van der Waals surface area contributed by atoms with Crippen molar-refractivity contribution in [2.45, 2.75) is 32.3 Å². The first-order valence-corrected chi connectivity index (χ1v) is 11.3. The van der Waals surface area contributed by atoms with Crippen molar-refractivity contribution in [2.75, 3.05) is 26.2 Å². The molecule has 2 aromatic carbocycles. The Morgan fingerprint density at radius 2 is 1.94 bits per heavy atom. The van der Waals surface area contributed by atoms with E-state index in [1.807, 2.05) is 49.4 Å². The van der Waals surface area contributed by atoms with Crippen molar-refractivity contribution in [2.24, 2.45) is 11.7 Å². The van der Waals surface area contributed by atoms with Crippen molar-refractivity contribution >= 4 is 16.9 Å². The zero-order valence-electron chi connectivity index (χ0n) is 18.8. The maximum absolute atomic E-state index is 12.6. The maximum atomic E-state index is 12.6. The fourth-order valence-corrected chi connectivity index (χ4v) is 4.41. The molecule has 1 atom stereocenters. The number of amides is 1. The van der Waals surface area contributed by atoms with Crippen LogP contribution in [0.4, 0.5) is 0 Å². The van der Waals surface area contributed by atoms with Crippen molar-refractivity contribution in [1.29, 1.82) is 0 Å². The number of rotatable bonds is 8. The number of fused-ring (bicyclic) bond motifs is 1. The Morgan fingerprint density at radius 3 is 2.64 bits per heavy atom. The van der Waals surface area contributed by atoms with Gasteiger partial charge in [-0.15, -0.1) is 0 Å². The van der Waals surface area contributed by atoms with E-state index >= 15 is 0 Å². The highest BCUT2D eigenvalue weighted by atomic mass is 16.5. The van der Waals surface area contributed by atoms with Crippen LogP contribution in [0.3, 0.4) is 0 Å². The van der Waals surface area contributed by atoms with Gasteiger partial charge in [0.15, 0.2) is 0 Å². The summed E-state index contributed by atoms with van der Waals surface area (Å²) in [6.07, 6.45) is 1.29. The summed E-state index contributed by atoms with van der Waals surface area (Å²) in [4.78, 5) is 26.0. The van der Waals surface area contributed by atoms with E-state index < -0.39 is 6.10 Å². The van der Waals surface area contributed by atoms with Crippen LogP contribution < -0.4 is 16.1 Å². The van der Waals surface area contributed by atoms with Crippen molar-refractivity contribution in [3.8, 4) is 5.75 Å². The van der Waals surface area contributed by atoms with Crippen LogP contribution in [-0.4, -0.2) is 48.3 Å². The SMILES string of the molecule is Cc1c(Cc2ccccc2)c(=O)oc2cc(OC[C@H](O)CN3CCC(C(N)=O)CC3)ccc12. The molecular weight excluding hydrogens is 420 g/mol. The Kier molecular flexibility index (Phi) is 7.11. The molecule has 0 spiro atoms. The smallest absolute Gasteiger partial charge is 0.340 e. The molecule has 1 saturated heterocycles. The highest BCUT2D eigenvalue weighted by molar-refractivity contribution is 5.82. The van der Waals surface area contributed by atoms with Gasteiger partial charge in [-0.3, -0.25) is 4.79 Å². The van der Waals surface area contributed by atoms with E-state index in [0.29, 0.717) is 29.9 Å². The van der Waals surface area contributed by atoms with Gasteiger partial charge in [0.2, 0.25) is 5.91 Å². The number of likely N-dealkylation sites (tertiary alicyclic amines) is 1. The number of aryl methyl sites for hydroxylation is 1. The summed E-state index contributed by atoms with van der Waals surface area (Å²) < 4.78 is 11.4. The maximum Gasteiger partial charge on any atom is 0.340 e. The van der Waals surface area contributed by atoms with E-state index in [1.54, 1.807) is 6.07 Å². The molecule has 1 aliphatic heterocycles. The first-order valence-electron chi connectivity index (χ1n) is 11.3. The fraction of sp³-hybridized carbons (Fsp3) is 0.385. The summed E-state index contributed by atoms with van der Waals surface area (Å²) in [6.45, 7) is 3.99. The Morgan fingerprint density at radius 1 is 1.21 bits per heavy atom. The van der Waals surface area contributed by atoms with Gasteiger partial charge >= 0.3 is 5.63 Å². The molecule has 0 aliphatic carbocycles. The number of primary amides is 1. The van der Waals surface area contributed by atoms with Crippen molar-refractivity contribution < 1.29 is 19.1 Å². The minimum absolute atomic E-state index is 0.0708. The molecule has 33 heavy (non-hydrogen) atoms. The average molecular weight is 451 g/mol. The van der Waals surface area contributed by atoms with Gasteiger partial charge in [0, 0.05) is 35.9 Å². The second kappa shape index (κ2) is 10.2. The number of hydrogen-bond acceptors (Lipinski definition) is 6. The van der Waals surface area contributed by atoms with Crippen molar-refractivity contribution in [3.63, 3.8) is 0 Å². The van der Waals surface area contributed by atoms with Crippen LogP contribution in [0.2, 0.25) is 0 Å². The minimum atomic E-state index is -0.673. The molecule has 1 aromatic heterocycles. The number of carbonyl (C=O) groups is 1. The highest BCUT2D eigenvalue weighted by Gasteiger charge is 2.24. The third kappa shape index (κ3) is 5.61. The van der Waals surface area contributed by atoms with Crippen molar-refractivity contribution in [1.82, 2.24) is 4.90 Å². The number of nitrogens with zero attached hydrogens (tertiary/aromatic N) is 1. The van der Waals surface area contributed by atoms with Gasteiger partial charge in [0.25, 0.3) is 0 Å². The van der Waals surface area contributed by atoms with E-state index in [2.05, 4.69) is 4.90 Å². The number of ether oxygens (including phenoxy) is 1. The zero-order valence-corrected chi connectivity index (χ0v) is 18.8. The van der Waals surface area contributed by atoms with Crippen LogP contribution in [0.5, 0.6) is 5.75 Å². The normalized spacial score (nSPS) is 16.1. The second-order valence-corrected chi connectivity index (χ2v) is 8.76. The molecule has 1 aliphatic rings. The second-order valence-electron chi connectivity index (χ2n) is 8.76. The zero-order chi connectivity index (χ0) is 23.4. The molecule has 7 heteroatoms. The Labute approximate surface area is 192 Å². The Bertz CT molecular complexity index is 1170. The Hall–Kier alpha value is -3.16. The van der Waals surface area contributed by atoms with Crippen LogP contribution in [-0.2, 0) is 11.2 Å². The van der Waals surface area contributed by atoms with Gasteiger partial charge in [0.1, 0.15) is 24.0 Å². The third-order valence-corrected chi connectivity index (χ3v) is 6.38. The van der Waals surface area contributed by atoms with Crippen LogP contribution in [0.25, 0.3) is 11.0 Å². The predicted octanol–water partition coefficient (Wildman–Crippen LogP) is 2.63. The number of piperidine rings is 1. The van der Waals surface area contributed by atoms with E-state index in [-0.39, 0.29) is 24.1 Å². The summed E-state index contributed by atoms with van der Waals surface area (Å²) >= 11 is 0. The quantitative estimate of drug-likeness (QED) is 0.511. The summed E-state index contributed by atoms with van der Waals surface area (Å²) in [7, 11) is 0. The van der Waals surface area contributed by atoms with Crippen molar-refractivity contribution in [3.05, 3.63) is 75.6 Å². The Balaban J connectivity index is 1.38. The van der Waals surface area contributed by atoms with Crippen LogP contribution in [0.15, 0.2) is 57.7 Å². The van der Waals surface area contributed by atoms with Gasteiger partial charge in [-0.05, 0) is 56.1 Å². The van der Waals surface area contributed by atoms with Gasteiger partial charge < -0.3 is 24.9 Å². The summed E-state index contributed by atoms with van der Waals surface area (Å²) in [5.41, 5.74) is 8.10. The molecule has 0 bridgehead atoms. The molecule has 1 fully saturated rings. The largest absolute Gasteiger partial charge is 0.491 e. The molecule has 174 valence electrons. The number of aliphatic hydroxyl groups excluding tert-OH is 1. The monoisotopic (exact) mass is 450 g/mol. The number of hydrogen-bond donors (Lipinski definition) is 2. The molecule has 7 nitrogen and oxygen atoms in total. The molecule has 1 amide bonds. The number of nitrogens with two attached hydrogens (primary N) is 1. The molecular formula is C26H30N2O5. The topological polar surface area (TPSA) is 106 Å². The number of carbonyl (C=O) groups excluding carboxylic acids is 1. The minimum Gasteiger partial charge on any atom is -0.491 e. The molecule has 0 unspecified atom stereocenters. The lowest BCUT2D eigenvalue weighted by Crippen LogP contribution is -2.43. The average Bonchev–Trinajstić information content (AvgIpc) is 2.81. The summed E-state index contributed by atoms with van der Waals surface area (Å²) in [5.74, 6) is 0.217. The van der Waals surface area contributed by atoms with Crippen LogP contribution >= 0.6 is 0 Å². The van der Waals surface area contributed by atoms with E-state index in [0.717, 1.165) is 42.4 Å². The van der Waals surface area contributed by atoms with Gasteiger partial charge in [-0.1, -0.05) is 30.3 Å². The number of aliphatic hydroxyl groups is 1. The highest BCUT2D eigenvalue weighted by Crippen LogP contribution is 2.25. The van der Waals surface area contributed by atoms with Gasteiger partial charge in [-0.25, -0.2) is 4.79 Å². The van der Waals surface area contributed by atoms with E-state index in [9.17, 15) is 14.7 Å². The molecule has 0 radical (unpaired) electrons. The van der Waals surface area contributed by atoms with Gasteiger partial charge in [0.05, 0.1) is 0 Å². The van der Waals surface area contributed by atoms with E-state index in [1.165, 1.54) is 0 Å².